The third-order valence-corrected chi connectivity index (χ3v) is 4.99. The molecule has 1 heterocycles. The Morgan fingerprint density at radius 3 is 2.67 bits per heavy atom. The SMILES string of the molecule is CS(=O)(=O)N(CC(=O)N/N=C\c1ccc2c(c1)OCO2)Cc1ccccc1. The summed E-state index contributed by atoms with van der Waals surface area (Å²) < 4.78 is 35.5. The van der Waals surface area contributed by atoms with Crippen LogP contribution in [0.4, 0.5) is 0 Å². The van der Waals surface area contributed by atoms with E-state index in [4.69, 9.17) is 9.47 Å². The van der Waals surface area contributed by atoms with E-state index >= 15 is 0 Å². The van der Waals surface area contributed by atoms with E-state index in [1.165, 1.54) is 6.21 Å². The van der Waals surface area contributed by atoms with Crippen LogP contribution in [0.3, 0.4) is 0 Å². The molecule has 0 aliphatic carbocycles. The van der Waals surface area contributed by atoms with Gasteiger partial charge in [-0.15, -0.1) is 0 Å². The number of carbonyl (C=O) groups is 1. The molecule has 0 aromatic heterocycles. The van der Waals surface area contributed by atoms with Gasteiger partial charge in [0.25, 0.3) is 5.91 Å². The highest BCUT2D eigenvalue weighted by Gasteiger charge is 2.20. The van der Waals surface area contributed by atoms with Crippen LogP contribution in [0.25, 0.3) is 0 Å². The lowest BCUT2D eigenvalue weighted by Crippen LogP contribution is -2.38. The van der Waals surface area contributed by atoms with Crippen LogP contribution in [0.5, 0.6) is 11.5 Å². The summed E-state index contributed by atoms with van der Waals surface area (Å²) in [6.07, 6.45) is 2.51. The topological polar surface area (TPSA) is 97.3 Å². The number of rotatable bonds is 7. The predicted octanol–water partition coefficient (Wildman–Crippen LogP) is 1.33. The number of ether oxygens (including phenoxy) is 2. The fraction of sp³-hybridized carbons (Fsp3) is 0.222. The Kier molecular flexibility index (Phi) is 5.72. The van der Waals surface area contributed by atoms with Crippen LogP contribution in [0.1, 0.15) is 11.1 Å². The highest BCUT2D eigenvalue weighted by atomic mass is 32.2. The lowest BCUT2D eigenvalue weighted by atomic mass is 10.2. The fourth-order valence-electron chi connectivity index (χ4n) is 2.45. The molecule has 0 saturated heterocycles. The molecule has 1 N–H and O–H groups in total. The normalized spacial score (nSPS) is 13.3. The zero-order valence-corrected chi connectivity index (χ0v) is 15.5. The van der Waals surface area contributed by atoms with Crippen LogP contribution >= 0.6 is 0 Å². The second-order valence-electron chi connectivity index (χ2n) is 5.92. The monoisotopic (exact) mass is 389 g/mol. The van der Waals surface area contributed by atoms with Crippen LogP contribution in [0.2, 0.25) is 0 Å². The molecular formula is C18H19N3O5S. The molecule has 0 fully saturated rings. The van der Waals surface area contributed by atoms with Crippen molar-refractivity contribution in [3.8, 4) is 11.5 Å². The average Bonchev–Trinajstić information content (AvgIpc) is 3.09. The number of amides is 1. The quantitative estimate of drug-likeness (QED) is 0.569. The molecule has 0 spiro atoms. The zero-order chi connectivity index (χ0) is 19.3. The first-order valence-electron chi connectivity index (χ1n) is 8.12. The molecule has 1 aliphatic rings. The number of carbonyl (C=O) groups excluding carboxylic acids is 1. The van der Waals surface area contributed by atoms with E-state index in [9.17, 15) is 13.2 Å². The molecule has 3 rings (SSSR count). The van der Waals surface area contributed by atoms with Gasteiger partial charge in [0.05, 0.1) is 19.0 Å². The average molecular weight is 389 g/mol. The van der Waals surface area contributed by atoms with Crippen molar-refractivity contribution in [2.75, 3.05) is 19.6 Å². The molecule has 27 heavy (non-hydrogen) atoms. The van der Waals surface area contributed by atoms with Gasteiger partial charge in [0.2, 0.25) is 16.8 Å². The number of nitrogens with zero attached hydrogens (tertiary/aromatic N) is 2. The van der Waals surface area contributed by atoms with Gasteiger partial charge in [-0.25, -0.2) is 13.8 Å². The number of hydrazone groups is 1. The molecule has 0 saturated carbocycles. The van der Waals surface area contributed by atoms with Crippen LogP contribution in [-0.2, 0) is 21.4 Å². The van der Waals surface area contributed by atoms with E-state index < -0.39 is 15.9 Å². The standard InChI is InChI=1S/C18H19N3O5S/c1-27(23,24)21(11-14-5-3-2-4-6-14)12-18(22)20-19-10-15-7-8-16-17(9-15)26-13-25-16/h2-10H,11-13H2,1H3,(H,20,22)/b19-10-. The smallest absolute Gasteiger partial charge is 0.255 e. The molecule has 8 nitrogen and oxygen atoms in total. The Balaban J connectivity index is 1.59. The Morgan fingerprint density at radius 1 is 1.19 bits per heavy atom. The van der Waals surface area contributed by atoms with Crippen molar-refractivity contribution >= 4 is 22.1 Å². The predicted molar refractivity (Wildman–Crippen MR) is 100.0 cm³/mol. The summed E-state index contributed by atoms with van der Waals surface area (Å²) in [5.41, 5.74) is 3.84. The Hall–Kier alpha value is -2.91. The molecule has 1 amide bonds. The maximum Gasteiger partial charge on any atom is 0.255 e. The van der Waals surface area contributed by atoms with Crippen LogP contribution < -0.4 is 14.9 Å². The van der Waals surface area contributed by atoms with Crippen molar-refractivity contribution in [2.45, 2.75) is 6.54 Å². The van der Waals surface area contributed by atoms with Crippen LogP contribution in [0.15, 0.2) is 53.6 Å². The van der Waals surface area contributed by atoms with Gasteiger partial charge in [-0.2, -0.15) is 9.41 Å². The maximum atomic E-state index is 12.1. The van der Waals surface area contributed by atoms with Gasteiger partial charge in [-0.05, 0) is 29.3 Å². The third-order valence-electron chi connectivity index (χ3n) is 3.79. The summed E-state index contributed by atoms with van der Waals surface area (Å²) >= 11 is 0. The van der Waals surface area contributed by atoms with Gasteiger partial charge in [0.15, 0.2) is 11.5 Å². The van der Waals surface area contributed by atoms with Crippen molar-refractivity contribution in [3.05, 3.63) is 59.7 Å². The highest BCUT2D eigenvalue weighted by molar-refractivity contribution is 7.88. The molecule has 0 radical (unpaired) electrons. The van der Waals surface area contributed by atoms with Gasteiger partial charge in [-0.3, -0.25) is 4.79 Å². The van der Waals surface area contributed by atoms with E-state index in [-0.39, 0.29) is 19.9 Å². The van der Waals surface area contributed by atoms with E-state index in [1.54, 1.807) is 30.3 Å². The second kappa shape index (κ2) is 8.19. The summed E-state index contributed by atoms with van der Waals surface area (Å²) in [7, 11) is -3.55. The fourth-order valence-corrected chi connectivity index (χ4v) is 3.18. The molecule has 0 atom stereocenters. The molecule has 0 bridgehead atoms. The molecule has 2 aromatic carbocycles. The Morgan fingerprint density at radius 2 is 1.93 bits per heavy atom. The minimum Gasteiger partial charge on any atom is -0.454 e. The zero-order valence-electron chi connectivity index (χ0n) is 14.7. The van der Waals surface area contributed by atoms with Gasteiger partial charge in [-0.1, -0.05) is 30.3 Å². The number of hydrogen-bond acceptors (Lipinski definition) is 6. The molecule has 2 aromatic rings. The van der Waals surface area contributed by atoms with Crippen molar-refractivity contribution in [3.63, 3.8) is 0 Å². The lowest BCUT2D eigenvalue weighted by molar-refractivity contribution is -0.121. The maximum absolute atomic E-state index is 12.1. The first-order valence-corrected chi connectivity index (χ1v) is 9.97. The first kappa shape index (κ1) is 18.9. The van der Waals surface area contributed by atoms with Crippen LogP contribution in [0, 0.1) is 0 Å². The number of hydrogen-bond donors (Lipinski definition) is 1. The Bertz CT molecular complexity index is 945. The number of sulfonamides is 1. The second-order valence-corrected chi connectivity index (χ2v) is 7.90. The number of benzene rings is 2. The molecular weight excluding hydrogens is 370 g/mol. The van der Waals surface area contributed by atoms with E-state index in [2.05, 4.69) is 10.5 Å². The van der Waals surface area contributed by atoms with Crippen molar-refractivity contribution in [2.24, 2.45) is 5.10 Å². The molecule has 9 heteroatoms. The molecule has 142 valence electrons. The minimum atomic E-state index is -3.55. The van der Waals surface area contributed by atoms with Gasteiger partial charge >= 0.3 is 0 Å². The van der Waals surface area contributed by atoms with E-state index in [0.717, 1.165) is 16.1 Å². The summed E-state index contributed by atoms with van der Waals surface area (Å²) in [5, 5.41) is 3.87. The van der Waals surface area contributed by atoms with Crippen molar-refractivity contribution < 1.29 is 22.7 Å². The van der Waals surface area contributed by atoms with E-state index in [1.807, 2.05) is 18.2 Å². The van der Waals surface area contributed by atoms with Gasteiger partial charge < -0.3 is 9.47 Å². The molecule has 1 aliphatic heterocycles. The number of fused-ring (bicyclic) bond motifs is 1. The van der Waals surface area contributed by atoms with Gasteiger partial charge in [0.1, 0.15) is 0 Å². The summed E-state index contributed by atoms with van der Waals surface area (Å²) in [5.74, 6) is 0.727. The molecule has 0 unspecified atom stereocenters. The first-order chi connectivity index (χ1) is 12.9. The highest BCUT2D eigenvalue weighted by Crippen LogP contribution is 2.31. The summed E-state index contributed by atoms with van der Waals surface area (Å²) in [6.45, 7) is -0.0411. The lowest BCUT2D eigenvalue weighted by Gasteiger charge is -2.18. The minimum absolute atomic E-state index is 0.110. The third kappa shape index (κ3) is 5.28. The summed E-state index contributed by atoms with van der Waals surface area (Å²) in [6, 6.07) is 14.3. The Labute approximate surface area is 157 Å². The van der Waals surface area contributed by atoms with Crippen LogP contribution in [-0.4, -0.2) is 44.4 Å². The van der Waals surface area contributed by atoms with E-state index in [0.29, 0.717) is 17.1 Å². The van der Waals surface area contributed by atoms with Gasteiger partial charge in [0, 0.05) is 6.54 Å². The summed E-state index contributed by atoms with van der Waals surface area (Å²) in [4.78, 5) is 12.1. The largest absolute Gasteiger partial charge is 0.454 e. The number of nitrogens with one attached hydrogen (secondary N) is 1. The van der Waals surface area contributed by atoms with Crippen molar-refractivity contribution in [1.29, 1.82) is 0 Å². The van der Waals surface area contributed by atoms with Crippen molar-refractivity contribution in [1.82, 2.24) is 9.73 Å².